The van der Waals surface area contributed by atoms with Crippen molar-refractivity contribution in [1.29, 1.82) is 0 Å². The molecule has 0 aliphatic heterocycles. The number of halogens is 1. The Morgan fingerprint density at radius 2 is 1.75 bits per heavy atom. The minimum Gasteiger partial charge on any atom is -0.495 e. The second-order valence-electron chi connectivity index (χ2n) is 5.53. The summed E-state index contributed by atoms with van der Waals surface area (Å²) < 4.78 is 11.8. The Morgan fingerprint density at radius 1 is 1.10 bits per heavy atom. The maximum Gasteiger partial charge on any atom is 0.140 e. The van der Waals surface area contributed by atoms with Gasteiger partial charge in [0, 0.05) is 6.04 Å². The Morgan fingerprint density at radius 3 is 2.25 bits per heavy atom. The van der Waals surface area contributed by atoms with Gasteiger partial charge in [-0.2, -0.15) is 0 Å². The van der Waals surface area contributed by atoms with Crippen LogP contribution in [-0.4, -0.2) is 26.8 Å². The highest BCUT2D eigenvalue weighted by atomic mass is 79.9. The summed E-state index contributed by atoms with van der Waals surface area (Å²) >= 11 is 3.57. The molecule has 0 radical (unpaired) electrons. The molecule has 0 saturated carbocycles. The summed E-state index contributed by atoms with van der Waals surface area (Å²) in [5, 5.41) is 3.49. The zero-order valence-electron chi connectivity index (χ0n) is 13.3. The molecule has 0 heterocycles. The van der Waals surface area contributed by atoms with Crippen LogP contribution >= 0.6 is 15.9 Å². The number of ether oxygens (including phenoxy) is 2. The first kappa shape index (κ1) is 17.3. The lowest BCUT2D eigenvalue weighted by molar-refractivity contribution is 0.371. The highest BCUT2D eigenvalue weighted by molar-refractivity contribution is 9.10. The van der Waals surface area contributed by atoms with E-state index in [9.17, 15) is 0 Å². The van der Waals surface area contributed by atoms with Gasteiger partial charge in [-0.05, 0) is 45.9 Å². The largest absolute Gasteiger partial charge is 0.495 e. The van der Waals surface area contributed by atoms with Gasteiger partial charge in [0.1, 0.15) is 16.0 Å². The zero-order chi connectivity index (χ0) is 15.3. The number of hydrogen-bond donors (Lipinski definition) is 1. The molecule has 2 unspecified atom stereocenters. The van der Waals surface area contributed by atoms with Crippen LogP contribution in [0.3, 0.4) is 0 Å². The first-order valence-corrected chi connectivity index (χ1v) is 7.85. The molecule has 2 atom stereocenters. The lowest BCUT2D eigenvalue weighted by Crippen LogP contribution is -2.30. The number of methoxy groups -OCH3 is 2. The molecule has 0 aliphatic rings. The molecule has 0 saturated heterocycles. The van der Waals surface area contributed by atoms with Gasteiger partial charge in [0.2, 0.25) is 0 Å². The summed E-state index contributed by atoms with van der Waals surface area (Å²) in [5.74, 6) is 2.59. The van der Waals surface area contributed by atoms with Crippen molar-refractivity contribution in [3.05, 3.63) is 22.2 Å². The highest BCUT2D eigenvalue weighted by Gasteiger charge is 2.21. The fourth-order valence-corrected chi connectivity index (χ4v) is 2.87. The SMILES string of the molecule is COc1ccc(C(C)C(C)CNC(C)C)c(OC)c1Br. The van der Waals surface area contributed by atoms with Crippen molar-refractivity contribution in [1.82, 2.24) is 5.32 Å². The van der Waals surface area contributed by atoms with E-state index in [0.29, 0.717) is 17.9 Å². The van der Waals surface area contributed by atoms with Crippen molar-refractivity contribution in [2.24, 2.45) is 5.92 Å². The van der Waals surface area contributed by atoms with E-state index in [0.717, 1.165) is 22.5 Å². The normalized spacial score (nSPS) is 14.2. The predicted octanol–water partition coefficient (Wildman–Crippen LogP) is 4.20. The Bertz CT molecular complexity index is 435. The monoisotopic (exact) mass is 343 g/mol. The van der Waals surface area contributed by atoms with Gasteiger partial charge in [-0.25, -0.2) is 0 Å². The average Bonchev–Trinajstić information content (AvgIpc) is 2.43. The van der Waals surface area contributed by atoms with Crippen LogP contribution in [0.25, 0.3) is 0 Å². The Labute approximate surface area is 131 Å². The maximum absolute atomic E-state index is 5.57. The van der Waals surface area contributed by atoms with Crippen molar-refractivity contribution < 1.29 is 9.47 Å². The first-order valence-electron chi connectivity index (χ1n) is 7.06. The summed E-state index contributed by atoms with van der Waals surface area (Å²) in [4.78, 5) is 0. The van der Waals surface area contributed by atoms with Crippen LogP contribution in [0.15, 0.2) is 16.6 Å². The van der Waals surface area contributed by atoms with E-state index in [2.05, 4.69) is 55.0 Å². The molecule has 0 bridgehead atoms. The molecule has 114 valence electrons. The van der Waals surface area contributed by atoms with Crippen LogP contribution < -0.4 is 14.8 Å². The molecule has 4 heteroatoms. The summed E-state index contributed by atoms with van der Waals surface area (Å²) in [6, 6.07) is 4.59. The Balaban J connectivity index is 2.97. The van der Waals surface area contributed by atoms with Crippen molar-refractivity contribution >= 4 is 15.9 Å². The van der Waals surface area contributed by atoms with Crippen LogP contribution in [0.1, 0.15) is 39.2 Å². The van der Waals surface area contributed by atoms with Gasteiger partial charge in [0.15, 0.2) is 0 Å². The Kier molecular flexibility index (Phi) is 6.83. The third-order valence-corrected chi connectivity index (χ3v) is 4.46. The number of nitrogens with one attached hydrogen (secondary N) is 1. The third-order valence-electron chi connectivity index (χ3n) is 3.71. The van der Waals surface area contributed by atoms with Gasteiger partial charge in [-0.1, -0.05) is 33.8 Å². The maximum atomic E-state index is 5.57. The fourth-order valence-electron chi connectivity index (χ4n) is 2.18. The van der Waals surface area contributed by atoms with Gasteiger partial charge >= 0.3 is 0 Å². The molecule has 0 spiro atoms. The summed E-state index contributed by atoms with van der Waals surface area (Å²) in [6.07, 6.45) is 0. The van der Waals surface area contributed by atoms with Crippen LogP contribution in [-0.2, 0) is 0 Å². The van der Waals surface area contributed by atoms with E-state index in [1.54, 1.807) is 14.2 Å². The second kappa shape index (κ2) is 7.89. The Hall–Kier alpha value is -0.740. The standard InChI is InChI=1S/C16H26BrNO2/c1-10(2)18-9-11(3)12(4)13-7-8-14(19-5)15(17)16(13)20-6/h7-8,10-12,18H,9H2,1-6H3. The minimum atomic E-state index is 0.401. The van der Waals surface area contributed by atoms with Crippen LogP contribution in [0.4, 0.5) is 0 Å². The van der Waals surface area contributed by atoms with Crippen molar-refractivity contribution in [3.8, 4) is 11.5 Å². The molecule has 0 aliphatic carbocycles. The number of benzene rings is 1. The first-order chi connectivity index (χ1) is 9.42. The van der Waals surface area contributed by atoms with Gasteiger partial charge in [0.05, 0.1) is 14.2 Å². The zero-order valence-corrected chi connectivity index (χ0v) is 14.9. The van der Waals surface area contributed by atoms with Crippen LogP contribution in [0.2, 0.25) is 0 Å². The molecule has 1 aromatic carbocycles. The second-order valence-corrected chi connectivity index (χ2v) is 6.33. The average molecular weight is 344 g/mol. The van der Waals surface area contributed by atoms with E-state index < -0.39 is 0 Å². The summed E-state index contributed by atoms with van der Waals surface area (Å²) in [7, 11) is 3.37. The molecule has 0 fully saturated rings. The van der Waals surface area contributed by atoms with Crippen LogP contribution in [0, 0.1) is 5.92 Å². The van der Waals surface area contributed by atoms with Crippen LogP contribution in [0.5, 0.6) is 11.5 Å². The molecule has 1 N–H and O–H groups in total. The van der Waals surface area contributed by atoms with E-state index in [-0.39, 0.29) is 0 Å². The van der Waals surface area contributed by atoms with E-state index in [1.165, 1.54) is 5.56 Å². The number of rotatable bonds is 7. The molecular formula is C16H26BrNO2. The third kappa shape index (κ3) is 4.13. The summed E-state index contributed by atoms with van der Waals surface area (Å²) in [6.45, 7) is 9.83. The lowest BCUT2D eigenvalue weighted by Gasteiger charge is -2.24. The van der Waals surface area contributed by atoms with Crippen molar-refractivity contribution in [2.75, 3.05) is 20.8 Å². The smallest absolute Gasteiger partial charge is 0.140 e. The van der Waals surface area contributed by atoms with E-state index in [1.807, 2.05) is 6.07 Å². The van der Waals surface area contributed by atoms with Gasteiger partial charge < -0.3 is 14.8 Å². The predicted molar refractivity (Wildman–Crippen MR) is 88.0 cm³/mol. The minimum absolute atomic E-state index is 0.401. The molecule has 0 aromatic heterocycles. The van der Waals surface area contributed by atoms with Gasteiger partial charge in [0.25, 0.3) is 0 Å². The van der Waals surface area contributed by atoms with Gasteiger partial charge in [-0.3, -0.25) is 0 Å². The van der Waals surface area contributed by atoms with E-state index in [4.69, 9.17) is 9.47 Å². The summed E-state index contributed by atoms with van der Waals surface area (Å²) in [5.41, 5.74) is 1.21. The number of hydrogen-bond acceptors (Lipinski definition) is 3. The fraction of sp³-hybridized carbons (Fsp3) is 0.625. The molecule has 0 amide bonds. The lowest BCUT2D eigenvalue weighted by atomic mass is 9.88. The topological polar surface area (TPSA) is 30.5 Å². The quantitative estimate of drug-likeness (QED) is 0.804. The van der Waals surface area contributed by atoms with E-state index >= 15 is 0 Å². The molecule has 1 aromatic rings. The molecule has 3 nitrogen and oxygen atoms in total. The van der Waals surface area contributed by atoms with Gasteiger partial charge in [-0.15, -0.1) is 0 Å². The molecule has 1 rings (SSSR count). The highest BCUT2D eigenvalue weighted by Crippen LogP contribution is 2.41. The van der Waals surface area contributed by atoms with Crippen molar-refractivity contribution in [2.45, 2.75) is 39.7 Å². The van der Waals surface area contributed by atoms with Crippen molar-refractivity contribution in [3.63, 3.8) is 0 Å². The molecule has 20 heavy (non-hydrogen) atoms. The molecular weight excluding hydrogens is 318 g/mol.